The maximum atomic E-state index is 14.6. The molecule has 29 heavy (non-hydrogen) atoms. The monoisotopic (exact) mass is 435 g/mol. The number of rotatable bonds is 7. The van der Waals surface area contributed by atoms with Crippen molar-refractivity contribution in [3.05, 3.63) is 71.0 Å². The zero-order valence-corrected chi connectivity index (χ0v) is 17.4. The Labute approximate surface area is 174 Å². The maximum absolute atomic E-state index is 14.6. The quantitative estimate of drug-likeness (QED) is 0.478. The van der Waals surface area contributed by atoms with Crippen LogP contribution >= 0.6 is 23.1 Å². The zero-order chi connectivity index (χ0) is 20.6. The second-order valence-electron chi connectivity index (χ2n) is 6.86. The number of aromatic nitrogens is 5. The highest BCUT2D eigenvalue weighted by molar-refractivity contribution is 7.99. The van der Waals surface area contributed by atoms with Crippen molar-refractivity contribution in [3.63, 3.8) is 0 Å². The lowest BCUT2D eigenvalue weighted by Gasteiger charge is -2.34. The van der Waals surface area contributed by atoms with Gasteiger partial charge in [-0.3, -0.25) is 4.40 Å². The van der Waals surface area contributed by atoms with Crippen molar-refractivity contribution in [1.82, 2.24) is 24.1 Å². The van der Waals surface area contributed by atoms with E-state index in [-0.39, 0.29) is 12.1 Å². The number of aliphatic hydroxyl groups is 1. The van der Waals surface area contributed by atoms with Gasteiger partial charge in [-0.2, -0.15) is 5.10 Å². The number of halogens is 2. The van der Waals surface area contributed by atoms with E-state index in [1.54, 1.807) is 11.3 Å². The number of aryl methyl sites for hydroxylation is 1. The van der Waals surface area contributed by atoms with Gasteiger partial charge in [0.2, 0.25) is 0 Å². The second-order valence-corrected chi connectivity index (χ2v) is 9.02. The van der Waals surface area contributed by atoms with Gasteiger partial charge in [0.1, 0.15) is 29.9 Å². The number of fused-ring (bicyclic) bond motifs is 1. The second kappa shape index (κ2) is 7.85. The third-order valence-corrected chi connectivity index (χ3v) is 7.17. The first-order valence-corrected chi connectivity index (χ1v) is 10.8. The molecule has 0 aliphatic rings. The maximum Gasteiger partial charge on any atom is 0.194 e. The van der Waals surface area contributed by atoms with Gasteiger partial charge in [0, 0.05) is 39.9 Å². The first-order chi connectivity index (χ1) is 13.9. The van der Waals surface area contributed by atoms with Crippen molar-refractivity contribution in [2.45, 2.75) is 37.0 Å². The summed E-state index contributed by atoms with van der Waals surface area (Å²) in [6, 6.07) is 3.22. The molecule has 0 amide bonds. The number of thiazole rings is 1. The Hall–Kier alpha value is -2.30. The molecule has 2 atom stereocenters. The SMILES string of the molecule is Cc1csc2nc(CS[C@H](C)[C@](O)(Cn3cncn3)c3ccc(F)cc3F)cn12. The van der Waals surface area contributed by atoms with Gasteiger partial charge < -0.3 is 5.11 Å². The molecule has 0 unspecified atom stereocenters. The molecule has 0 aliphatic heterocycles. The molecule has 152 valence electrons. The van der Waals surface area contributed by atoms with Gasteiger partial charge in [0.25, 0.3) is 0 Å². The highest BCUT2D eigenvalue weighted by atomic mass is 32.2. The predicted molar refractivity (Wildman–Crippen MR) is 109 cm³/mol. The van der Waals surface area contributed by atoms with E-state index in [1.165, 1.54) is 35.2 Å². The van der Waals surface area contributed by atoms with Crippen molar-refractivity contribution in [2.24, 2.45) is 0 Å². The average Bonchev–Trinajstić information content (AvgIpc) is 3.39. The molecule has 3 heterocycles. The van der Waals surface area contributed by atoms with E-state index < -0.39 is 22.5 Å². The summed E-state index contributed by atoms with van der Waals surface area (Å²) in [5, 5.41) is 17.2. The van der Waals surface area contributed by atoms with Crippen molar-refractivity contribution in [2.75, 3.05) is 0 Å². The van der Waals surface area contributed by atoms with Crippen molar-refractivity contribution in [3.8, 4) is 0 Å². The van der Waals surface area contributed by atoms with E-state index in [2.05, 4.69) is 15.1 Å². The fraction of sp³-hybridized carbons (Fsp3) is 0.316. The van der Waals surface area contributed by atoms with Gasteiger partial charge in [-0.15, -0.1) is 23.1 Å². The predicted octanol–water partition coefficient (Wildman–Crippen LogP) is 3.78. The minimum absolute atomic E-state index is 0.0128. The fourth-order valence-electron chi connectivity index (χ4n) is 3.19. The summed E-state index contributed by atoms with van der Waals surface area (Å²) < 4.78 is 31.5. The number of benzene rings is 1. The molecule has 0 bridgehead atoms. The van der Waals surface area contributed by atoms with Crippen LogP contribution in [-0.4, -0.2) is 34.5 Å². The number of hydrogen-bond acceptors (Lipinski definition) is 6. The molecular weight excluding hydrogens is 416 g/mol. The Morgan fingerprint density at radius 1 is 1.34 bits per heavy atom. The highest BCUT2D eigenvalue weighted by Gasteiger charge is 2.39. The van der Waals surface area contributed by atoms with Gasteiger partial charge in [0.05, 0.1) is 12.2 Å². The van der Waals surface area contributed by atoms with Crippen LogP contribution < -0.4 is 0 Å². The lowest BCUT2D eigenvalue weighted by Crippen LogP contribution is -2.41. The molecular formula is C19H19F2N5OS2. The topological polar surface area (TPSA) is 68.2 Å². The zero-order valence-electron chi connectivity index (χ0n) is 15.8. The van der Waals surface area contributed by atoms with Crippen LogP contribution in [0.15, 0.2) is 42.4 Å². The molecule has 0 fully saturated rings. The smallest absolute Gasteiger partial charge is 0.194 e. The third kappa shape index (κ3) is 3.92. The summed E-state index contributed by atoms with van der Waals surface area (Å²) in [7, 11) is 0. The van der Waals surface area contributed by atoms with Crippen LogP contribution in [-0.2, 0) is 17.9 Å². The molecule has 10 heteroatoms. The molecule has 4 aromatic rings. The molecule has 4 rings (SSSR count). The molecule has 1 N–H and O–H groups in total. The van der Waals surface area contributed by atoms with Crippen molar-refractivity contribution >= 4 is 28.1 Å². The van der Waals surface area contributed by atoms with Crippen LogP contribution in [0, 0.1) is 18.6 Å². The standard InChI is InChI=1S/C19H19F2N5OS2/c1-12-7-29-18-24-15(6-26(12)18)8-28-13(2)19(27,9-25-11-22-10-23-25)16-4-3-14(20)5-17(16)21/h3-7,10-11,13,27H,8-9H2,1-2H3/t13-,19-/m1/s1. The number of imidazole rings is 1. The molecule has 0 spiro atoms. The summed E-state index contributed by atoms with van der Waals surface area (Å²) in [6.45, 7) is 3.81. The van der Waals surface area contributed by atoms with Gasteiger partial charge in [0.15, 0.2) is 4.96 Å². The molecule has 6 nitrogen and oxygen atoms in total. The Kier molecular flexibility index (Phi) is 5.41. The number of hydrogen-bond donors (Lipinski definition) is 1. The summed E-state index contributed by atoms with van der Waals surface area (Å²) in [6.07, 6.45) is 4.77. The van der Waals surface area contributed by atoms with Crippen LogP contribution in [0.25, 0.3) is 4.96 Å². The summed E-state index contributed by atoms with van der Waals surface area (Å²) in [5.74, 6) is -0.946. The van der Waals surface area contributed by atoms with Gasteiger partial charge in [-0.1, -0.05) is 13.0 Å². The number of thioether (sulfide) groups is 1. The van der Waals surface area contributed by atoms with E-state index in [1.807, 2.05) is 29.8 Å². The van der Waals surface area contributed by atoms with Crippen LogP contribution in [0.3, 0.4) is 0 Å². The minimum Gasteiger partial charge on any atom is -0.382 e. The fourth-order valence-corrected chi connectivity index (χ4v) is 5.10. The van der Waals surface area contributed by atoms with E-state index in [0.717, 1.165) is 28.5 Å². The Morgan fingerprint density at radius 3 is 2.86 bits per heavy atom. The normalized spacial score (nSPS) is 14.9. The van der Waals surface area contributed by atoms with Gasteiger partial charge >= 0.3 is 0 Å². The third-order valence-electron chi connectivity index (χ3n) is 4.86. The van der Waals surface area contributed by atoms with Gasteiger partial charge in [-0.05, 0) is 13.0 Å². The van der Waals surface area contributed by atoms with E-state index >= 15 is 0 Å². The Balaban J connectivity index is 1.60. The summed E-state index contributed by atoms with van der Waals surface area (Å²) in [4.78, 5) is 9.39. The van der Waals surface area contributed by atoms with Crippen LogP contribution in [0.4, 0.5) is 8.78 Å². The van der Waals surface area contributed by atoms with Crippen molar-refractivity contribution < 1.29 is 13.9 Å². The first-order valence-electron chi connectivity index (χ1n) is 8.91. The lowest BCUT2D eigenvalue weighted by atomic mass is 9.90. The van der Waals surface area contributed by atoms with E-state index in [9.17, 15) is 13.9 Å². The first kappa shape index (κ1) is 20.0. The summed E-state index contributed by atoms with van der Waals surface area (Å²) in [5.41, 5.74) is 0.386. The van der Waals surface area contributed by atoms with Crippen molar-refractivity contribution in [1.29, 1.82) is 0 Å². The van der Waals surface area contributed by atoms with E-state index in [4.69, 9.17) is 0 Å². The lowest BCUT2D eigenvalue weighted by molar-refractivity contribution is 0.0133. The molecule has 0 radical (unpaired) electrons. The molecule has 3 aromatic heterocycles. The minimum atomic E-state index is -1.62. The largest absolute Gasteiger partial charge is 0.382 e. The van der Waals surface area contributed by atoms with Crippen LogP contribution in [0.2, 0.25) is 0 Å². The Morgan fingerprint density at radius 2 is 2.17 bits per heavy atom. The molecule has 0 aliphatic carbocycles. The van der Waals surface area contributed by atoms with Crippen LogP contribution in [0.5, 0.6) is 0 Å². The average molecular weight is 436 g/mol. The summed E-state index contributed by atoms with van der Waals surface area (Å²) >= 11 is 3.01. The van der Waals surface area contributed by atoms with Crippen LogP contribution in [0.1, 0.15) is 23.9 Å². The Bertz CT molecular complexity index is 1130. The van der Waals surface area contributed by atoms with Gasteiger partial charge in [-0.25, -0.2) is 23.4 Å². The molecule has 0 saturated heterocycles. The van der Waals surface area contributed by atoms with E-state index in [0.29, 0.717) is 5.75 Å². The number of nitrogens with zero attached hydrogens (tertiary/aromatic N) is 5. The molecule has 0 saturated carbocycles. The molecule has 1 aromatic carbocycles. The highest BCUT2D eigenvalue weighted by Crippen LogP contribution is 2.37.